The summed E-state index contributed by atoms with van der Waals surface area (Å²) in [6, 6.07) is 11.8. The van der Waals surface area contributed by atoms with Gasteiger partial charge in [0.15, 0.2) is 0 Å². The third-order valence-corrected chi connectivity index (χ3v) is 2.98. The van der Waals surface area contributed by atoms with E-state index in [0.717, 1.165) is 5.56 Å². The van der Waals surface area contributed by atoms with Crippen molar-refractivity contribution in [1.82, 2.24) is 5.43 Å². The summed E-state index contributed by atoms with van der Waals surface area (Å²) in [5.74, 6) is -0.260. The SMILES string of the molecule is Cc1ccccc1C(=O)N/N=C/c1cc(Cl)ccc1O. The van der Waals surface area contributed by atoms with E-state index in [1.165, 1.54) is 12.3 Å². The van der Waals surface area contributed by atoms with Crippen LogP contribution in [-0.2, 0) is 0 Å². The fourth-order valence-corrected chi connectivity index (χ4v) is 1.86. The number of halogens is 1. The molecule has 2 N–H and O–H groups in total. The average molecular weight is 289 g/mol. The van der Waals surface area contributed by atoms with Gasteiger partial charge in [-0.1, -0.05) is 29.8 Å². The number of aryl methyl sites for hydroxylation is 1. The van der Waals surface area contributed by atoms with Gasteiger partial charge in [0.05, 0.1) is 6.21 Å². The van der Waals surface area contributed by atoms with E-state index >= 15 is 0 Å². The summed E-state index contributed by atoms with van der Waals surface area (Å²) in [6.45, 7) is 1.85. The van der Waals surface area contributed by atoms with Gasteiger partial charge in [0.25, 0.3) is 5.91 Å². The predicted octanol–water partition coefficient (Wildman–Crippen LogP) is 3.12. The van der Waals surface area contributed by atoms with Crippen molar-refractivity contribution in [3.8, 4) is 5.75 Å². The number of phenolic OH excluding ortho intramolecular Hbond substituents is 1. The minimum absolute atomic E-state index is 0.0447. The molecule has 2 aromatic rings. The zero-order valence-corrected chi connectivity index (χ0v) is 11.6. The van der Waals surface area contributed by atoms with E-state index in [0.29, 0.717) is 16.1 Å². The van der Waals surface area contributed by atoms with E-state index in [9.17, 15) is 9.90 Å². The van der Waals surface area contributed by atoms with Crippen molar-refractivity contribution >= 4 is 23.7 Å². The maximum Gasteiger partial charge on any atom is 0.271 e. The Morgan fingerprint density at radius 1 is 1.30 bits per heavy atom. The molecule has 0 heterocycles. The van der Waals surface area contributed by atoms with Crippen molar-refractivity contribution in [2.45, 2.75) is 6.92 Å². The Hall–Kier alpha value is -2.33. The molecule has 2 aromatic carbocycles. The topological polar surface area (TPSA) is 61.7 Å². The van der Waals surface area contributed by atoms with Crippen LogP contribution < -0.4 is 5.43 Å². The number of nitrogens with zero attached hydrogens (tertiary/aromatic N) is 1. The van der Waals surface area contributed by atoms with Gasteiger partial charge in [0.1, 0.15) is 5.75 Å². The lowest BCUT2D eigenvalue weighted by molar-refractivity contribution is 0.0954. The molecule has 0 aliphatic heterocycles. The van der Waals surface area contributed by atoms with Gasteiger partial charge in [0, 0.05) is 16.1 Å². The quantitative estimate of drug-likeness (QED) is 0.673. The van der Waals surface area contributed by atoms with Crippen LogP contribution in [0.2, 0.25) is 5.02 Å². The zero-order valence-electron chi connectivity index (χ0n) is 10.8. The highest BCUT2D eigenvalue weighted by Gasteiger charge is 2.06. The molecule has 0 unspecified atom stereocenters. The molecule has 1 amide bonds. The maximum absolute atomic E-state index is 11.9. The summed E-state index contributed by atoms with van der Waals surface area (Å²) in [7, 11) is 0. The summed E-state index contributed by atoms with van der Waals surface area (Å²) < 4.78 is 0. The number of hydrogen-bond donors (Lipinski definition) is 2. The Morgan fingerprint density at radius 2 is 2.05 bits per heavy atom. The van der Waals surface area contributed by atoms with Crippen LogP contribution in [-0.4, -0.2) is 17.2 Å². The van der Waals surface area contributed by atoms with Crippen LogP contribution in [0.25, 0.3) is 0 Å². The van der Waals surface area contributed by atoms with Gasteiger partial charge in [-0.3, -0.25) is 4.79 Å². The van der Waals surface area contributed by atoms with E-state index < -0.39 is 0 Å². The lowest BCUT2D eigenvalue weighted by Gasteiger charge is -2.03. The monoisotopic (exact) mass is 288 g/mol. The molecule has 0 aliphatic carbocycles. The summed E-state index contributed by atoms with van der Waals surface area (Å²) in [6.07, 6.45) is 1.34. The van der Waals surface area contributed by atoms with Crippen LogP contribution in [0, 0.1) is 6.92 Å². The second kappa shape index (κ2) is 6.21. The largest absolute Gasteiger partial charge is 0.507 e. The second-order valence-electron chi connectivity index (χ2n) is 4.22. The summed E-state index contributed by atoms with van der Waals surface area (Å²) in [4.78, 5) is 11.9. The third kappa shape index (κ3) is 3.36. The van der Waals surface area contributed by atoms with E-state index in [-0.39, 0.29) is 11.7 Å². The number of amides is 1. The van der Waals surface area contributed by atoms with E-state index in [1.807, 2.05) is 19.1 Å². The number of hydrogen-bond acceptors (Lipinski definition) is 3. The first-order valence-electron chi connectivity index (χ1n) is 5.95. The standard InChI is InChI=1S/C15H13ClN2O2/c1-10-4-2-3-5-13(10)15(20)18-17-9-11-8-12(16)6-7-14(11)19/h2-9,19H,1H3,(H,18,20)/b17-9+. The van der Waals surface area contributed by atoms with Gasteiger partial charge in [-0.15, -0.1) is 0 Å². The Kier molecular flexibility index (Phi) is 4.38. The van der Waals surface area contributed by atoms with Crippen LogP contribution in [0.15, 0.2) is 47.6 Å². The maximum atomic E-state index is 11.9. The van der Waals surface area contributed by atoms with E-state index in [1.54, 1.807) is 24.3 Å². The van der Waals surface area contributed by atoms with Crippen molar-refractivity contribution in [2.24, 2.45) is 5.10 Å². The molecule has 0 aromatic heterocycles. The first-order chi connectivity index (χ1) is 9.58. The van der Waals surface area contributed by atoms with Gasteiger partial charge < -0.3 is 5.11 Å². The number of hydrazone groups is 1. The Bertz CT molecular complexity index is 669. The van der Waals surface area contributed by atoms with E-state index in [4.69, 9.17) is 11.6 Å². The molecule has 20 heavy (non-hydrogen) atoms. The van der Waals surface area contributed by atoms with Gasteiger partial charge >= 0.3 is 0 Å². The highest BCUT2D eigenvalue weighted by molar-refractivity contribution is 6.30. The fourth-order valence-electron chi connectivity index (χ4n) is 1.68. The van der Waals surface area contributed by atoms with Crippen molar-refractivity contribution in [2.75, 3.05) is 0 Å². The van der Waals surface area contributed by atoms with Gasteiger partial charge in [-0.2, -0.15) is 5.10 Å². The van der Waals surface area contributed by atoms with E-state index in [2.05, 4.69) is 10.5 Å². The molecule has 0 fully saturated rings. The molecule has 0 bridgehead atoms. The van der Waals surface area contributed by atoms with Crippen LogP contribution >= 0.6 is 11.6 Å². The number of carbonyl (C=O) groups is 1. The predicted molar refractivity (Wildman–Crippen MR) is 79.4 cm³/mol. The van der Waals surface area contributed by atoms with Crippen LogP contribution in [0.5, 0.6) is 5.75 Å². The molecular weight excluding hydrogens is 276 g/mol. The van der Waals surface area contributed by atoms with Gasteiger partial charge in [-0.05, 0) is 36.8 Å². The van der Waals surface area contributed by atoms with Crippen LogP contribution in [0.4, 0.5) is 0 Å². The summed E-state index contributed by atoms with van der Waals surface area (Å²) >= 11 is 5.81. The highest BCUT2D eigenvalue weighted by Crippen LogP contribution is 2.19. The molecule has 0 saturated carbocycles. The summed E-state index contributed by atoms with van der Waals surface area (Å²) in [5, 5.41) is 13.9. The zero-order chi connectivity index (χ0) is 14.5. The number of carbonyl (C=O) groups excluding carboxylic acids is 1. The number of benzene rings is 2. The molecule has 5 heteroatoms. The molecule has 0 spiro atoms. The van der Waals surface area contributed by atoms with Crippen molar-refractivity contribution in [3.05, 3.63) is 64.2 Å². The minimum Gasteiger partial charge on any atom is -0.507 e. The fraction of sp³-hybridized carbons (Fsp3) is 0.0667. The molecule has 0 saturated heterocycles. The van der Waals surface area contributed by atoms with Crippen LogP contribution in [0.1, 0.15) is 21.5 Å². The molecule has 2 rings (SSSR count). The minimum atomic E-state index is -0.305. The number of nitrogens with one attached hydrogen (secondary N) is 1. The molecular formula is C15H13ClN2O2. The van der Waals surface area contributed by atoms with Crippen molar-refractivity contribution in [3.63, 3.8) is 0 Å². The van der Waals surface area contributed by atoms with Crippen molar-refractivity contribution < 1.29 is 9.90 Å². The lowest BCUT2D eigenvalue weighted by atomic mass is 10.1. The number of phenols is 1. The molecule has 0 aliphatic rings. The first kappa shape index (κ1) is 14.1. The molecule has 102 valence electrons. The van der Waals surface area contributed by atoms with Gasteiger partial charge in [-0.25, -0.2) is 5.43 Å². The molecule has 0 atom stereocenters. The number of aromatic hydroxyl groups is 1. The average Bonchev–Trinajstić information content (AvgIpc) is 2.43. The van der Waals surface area contributed by atoms with Crippen molar-refractivity contribution in [1.29, 1.82) is 0 Å². The third-order valence-electron chi connectivity index (χ3n) is 2.75. The van der Waals surface area contributed by atoms with Gasteiger partial charge in [0.2, 0.25) is 0 Å². The lowest BCUT2D eigenvalue weighted by Crippen LogP contribution is -2.18. The first-order valence-corrected chi connectivity index (χ1v) is 6.33. The summed E-state index contributed by atoms with van der Waals surface area (Å²) in [5.41, 5.74) is 4.27. The molecule has 0 radical (unpaired) electrons. The smallest absolute Gasteiger partial charge is 0.271 e. The molecule has 4 nitrogen and oxygen atoms in total. The Balaban J connectivity index is 2.09. The Labute approximate surface area is 121 Å². The normalized spacial score (nSPS) is 10.7. The highest BCUT2D eigenvalue weighted by atomic mass is 35.5. The number of rotatable bonds is 3. The second-order valence-corrected chi connectivity index (χ2v) is 4.65. The van der Waals surface area contributed by atoms with Crippen LogP contribution in [0.3, 0.4) is 0 Å². The Morgan fingerprint density at radius 3 is 2.80 bits per heavy atom.